The van der Waals surface area contributed by atoms with Crippen LogP contribution >= 0.6 is 0 Å². The highest BCUT2D eigenvalue weighted by Crippen LogP contribution is 2.24. The van der Waals surface area contributed by atoms with Crippen molar-refractivity contribution in [3.63, 3.8) is 0 Å². The lowest BCUT2D eigenvalue weighted by molar-refractivity contribution is -0.157. The quantitative estimate of drug-likeness (QED) is 0.729. The maximum absolute atomic E-state index is 12.7. The molecule has 1 aliphatic heterocycles. The van der Waals surface area contributed by atoms with E-state index in [9.17, 15) is 9.59 Å². The van der Waals surface area contributed by atoms with Gasteiger partial charge in [0.1, 0.15) is 11.6 Å². The Morgan fingerprint density at radius 2 is 1.90 bits per heavy atom. The van der Waals surface area contributed by atoms with E-state index in [2.05, 4.69) is 19.2 Å². The molecule has 21 heavy (non-hydrogen) atoms. The zero-order valence-electron chi connectivity index (χ0n) is 14.2. The van der Waals surface area contributed by atoms with Gasteiger partial charge in [0.05, 0.1) is 6.61 Å². The second-order valence-electron chi connectivity index (χ2n) is 6.83. The van der Waals surface area contributed by atoms with Crippen molar-refractivity contribution in [3.05, 3.63) is 0 Å². The smallest absolute Gasteiger partial charge is 0.248 e. The molecule has 122 valence electrons. The Bertz CT molecular complexity index is 382. The molecule has 5 heteroatoms. The topological polar surface area (TPSA) is 58.6 Å². The Balaban J connectivity index is 2.81. The molecule has 1 aliphatic rings. The largest absolute Gasteiger partial charge is 0.379 e. The third-order valence-electron chi connectivity index (χ3n) is 4.00. The van der Waals surface area contributed by atoms with Crippen LogP contribution in [0, 0.1) is 11.8 Å². The summed E-state index contributed by atoms with van der Waals surface area (Å²) in [5.74, 6) is 0.488. The van der Waals surface area contributed by atoms with Gasteiger partial charge in [0.2, 0.25) is 11.8 Å². The fourth-order valence-electron chi connectivity index (χ4n) is 2.61. The SMILES string of the molecule is CCC1(C)NC(=O)C(C(C)C)N(CCOCC(C)C)C1=O. The number of ether oxygens (including phenoxy) is 1. The van der Waals surface area contributed by atoms with Crippen molar-refractivity contribution in [2.45, 2.75) is 59.5 Å². The molecule has 0 aromatic heterocycles. The monoisotopic (exact) mass is 298 g/mol. The maximum Gasteiger partial charge on any atom is 0.248 e. The van der Waals surface area contributed by atoms with Crippen LogP contribution < -0.4 is 5.32 Å². The van der Waals surface area contributed by atoms with Gasteiger partial charge in [-0.05, 0) is 25.2 Å². The summed E-state index contributed by atoms with van der Waals surface area (Å²) in [6, 6.07) is -0.403. The Kier molecular flexibility index (Phi) is 6.20. The lowest BCUT2D eigenvalue weighted by Crippen LogP contribution is -2.70. The maximum atomic E-state index is 12.7. The predicted octanol–water partition coefficient (Wildman–Crippen LogP) is 1.81. The number of nitrogens with zero attached hydrogens (tertiary/aromatic N) is 1. The van der Waals surface area contributed by atoms with E-state index >= 15 is 0 Å². The highest BCUT2D eigenvalue weighted by molar-refractivity contribution is 5.99. The summed E-state index contributed by atoms with van der Waals surface area (Å²) in [5, 5.41) is 2.89. The third kappa shape index (κ3) is 4.19. The van der Waals surface area contributed by atoms with Gasteiger partial charge >= 0.3 is 0 Å². The van der Waals surface area contributed by atoms with E-state index in [4.69, 9.17) is 4.74 Å². The highest BCUT2D eigenvalue weighted by Gasteiger charge is 2.47. The Labute approximate surface area is 128 Å². The zero-order chi connectivity index (χ0) is 16.2. The molecule has 0 saturated carbocycles. The summed E-state index contributed by atoms with van der Waals surface area (Å²) in [7, 11) is 0. The number of piperazine rings is 1. The third-order valence-corrected chi connectivity index (χ3v) is 4.00. The van der Waals surface area contributed by atoms with Gasteiger partial charge in [0.25, 0.3) is 0 Å². The van der Waals surface area contributed by atoms with Crippen LogP contribution in [0.3, 0.4) is 0 Å². The van der Waals surface area contributed by atoms with Crippen molar-refractivity contribution < 1.29 is 14.3 Å². The minimum absolute atomic E-state index is 0.00329. The van der Waals surface area contributed by atoms with Gasteiger partial charge in [-0.1, -0.05) is 34.6 Å². The van der Waals surface area contributed by atoms with Crippen molar-refractivity contribution >= 4 is 11.8 Å². The van der Waals surface area contributed by atoms with Crippen molar-refractivity contribution in [3.8, 4) is 0 Å². The summed E-state index contributed by atoms with van der Waals surface area (Å²) in [6.45, 7) is 13.4. The first-order chi connectivity index (χ1) is 9.73. The average Bonchev–Trinajstić information content (AvgIpc) is 2.39. The first-order valence-electron chi connectivity index (χ1n) is 7.93. The molecule has 5 nitrogen and oxygen atoms in total. The number of hydrogen-bond donors (Lipinski definition) is 1. The summed E-state index contributed by atoms with van der Waals surface area (Å²) in [6.07, 6.45) is 0.589. The lowest BCUT2D eigenvalue weighted by Gasteiger charge is -2.45. The number of carbonyl (C=O) groups excluding carboxylic acids is 2. The molecule has 1 saturated heterocycles. The van der Waals surface area contributed by atoms with Crippen LogP contribution in [-0.4, -0.2) is 48.1 Å². The normalized spacial score (nSPS) is 26.7. The molecule has 1 N–H and O–H groups in total. The van der Waals surface area contributed by atoms with Crippen molar-refractivity contribution in [1.82, 2.24) is 10.2 Å². The Hall–Kier alpha value is -1.10. The second-order valence-corrected chi connectivity index (χ2v) is 6.83. The number of rotatable bonds is 7. The van der Waals surface area contributed by atoms with Crippen molar-refractivity contribution in [2.75, 3.05) is 19.8 Å². The van der Waals surface area contributed by atoms with Gasteiger partial charge in [0, 0.05) is 13.2 Å². The van der Waals surface area contributed by atoms with Gasteiger partial charge < -0.3 is 15.0 Å². The summed E-state index contributed by atoms with van der Waals surface area (Å²) < 4.78 is 5.59. The van der Waals surface area contributed by atoms with Crippen LogP contribution in [0.1, 0.15) is 48.0 Å². The lowest BCUT2D eigenvalue weighted by atomic mass is 9.88. The molecule has 1 rings (SSSR count). The summed E-state index contributed by atoms with van der Waals surface area (Å²) in [4.78, 5) is 26.8. The average molecular weight is 298 g/mol. The van der Waals surface area contributed by atoms with Crippen LogP contribution in [0.15, 0.2) is 0 Å². The van der Waals surface area contributed by atoms with Crippen molar-refractivity contribution in [1.29, 1.82) is 0 Å². The van der Waals surface area contributed by atoms with Crippen LogP contribution in [0.2, 0.25) is 0 Å². The van der Waals surface area contributed by atoms with E-state index in [1.165, 1.54) is 0 Å². The van der Waals surface area contributed by atoms with Crippen LogP contribution in [-0.2, 0) is 14.3 Å². The molecule has 0 aliphatic carbocycles. The number of carbonyl (C=O) groups is 2. The minimum Gasteiger partial charge on any atom is -0.379 e. The summed E-state index contributed by atoms with van der Waals surface area (Å²) >= 11 is 0. The van der Waals surface area contributed by atoms with E-state index in [0.29, 0.717) is 32.1 Å². The standard InChI is InChI=1S/C16H30N2O3/c1-7-16(6)15(20)18(8-9-21-10-11(2)3)13(12(4)5)14(19)17-16/h11-13H,7-10H2,1-6H3,(H,17,19). The molecule has 0 radical (unpaired) electrons. The van der Waals surface area contributed by atoms with Crippen LogP contribution in [0.4, 0.5) is 0 Å². The first-order valence-corrected chi connectivity index (χ1v) is 7.93. The predicted molar refractivity (Wildman–Crippen MR) is 82.8 cm³/mol. The number of hydrogen-bond acceptors (Lipinski definition) is 3. The molecular formula is C16H30N2O3. The Morgan fingerprint density at radius 3 is 2.38 bits per heavy atom. The molecule has 0 bridgehead atoms. The highest BCUT2D eigenvalue weighted by atomic mass is 16.5. The molecule has 0 spiro atoms. The van der Waals surface area contributed by atoms with Gasteiger partial charge in [-0.15, -0.1) is 0 Å². The molecule has 0 aromatic carbocycles. The van der Waals surface area contributed by atoms with E-state index in [1.807, 2.05) is 20.8 Å². The molecular weight excluding hydrogens is 268 g/mol. The Morgan fingerprint density at radius 1 is 1.29 bits per heavy atom. The fraction of sp³-hybridized carbons (Fsp3) is 0.875. The molecule has 0 aromatic rings. The second kappa shape index (κ2) is 7.25. The van der Waals surface area contributed by atoms with Gasteiger partial charge in [0.15, 0.2) is 0 Å². The molecule has 1 fully saturated rings. The molecule has 2 atom stereocenters. The van der Waals surface area contributed by atoms with E-state index in [0.717, 1.165) is 0 Å². The molecule has 2 unspecified atom stereocenters. The minimum atomic E-state index is -0.791. The van der Waals surface area contributed by atoms with Crippen molar-refractivity contribution in [2.24, 2.45) is 11.8 Å². The van der Waals surface area contributed by atoms with Gasteiger partial charge in [-0.25, -0.2) is 0 Å². The fourth-order valence-corrected chi connectivity index (χ4v) is 2.61. The summed E-state index contributed by atoms with van der Waals surface area (Å²) in [5.41, 5.74) is -0.791. The zero-order valence-corrected chi connectivity index (χ0v) is 14.2. The van der Waals surface area contributed by atoms with Crippen LogP contribution in [0.5, 0.6) is 0 Å². The molecule has 2 amide bonds. The molecule has 1 heterocycles. The first kappa shape index (κ1) is 18.0. The van der Waals surface area contributed by atoms with Gasteiger partial charge in [-0.3, -0.25) is 9.59 Å². The van der Waals surface area contributed by atoms with Crippen LogP contribution in [0.25, 0.3) is 0 Å². The van der Waals surface area contributed by atoms with Gasteiger partial charge in [-0.2, -0.15) is 0 Å². The number of nitrogens with one attached hydrogen (secondary N) is 1. The number of amides is 2. The van der Waals surface area contributed by atoms with E-state index < -0.39 is 11.6 Å². The van der Waals surface area contributed by atoms with E-state index in [1.54, 1.807) is 11.8 Å². The van der Waals surface area contributed by atoms with E-state index in [-0.39, 0.29) is 17.7 Å².